The Hall–Kier alpha value is -2.97. The molecule has 5 atom stereocenters. The number of hydrogen-bond acceptors (Lipinski definition) is 9. The molecule has 1 saturated heterocycles. The van der Waals surface area contributed by atoms with Crippen LogP contribution in [0.15, 0.2) is 30.3 Å². The number of nitrogens with one attached hydrogen (secondary N) is 2. The van der Waals surface area contributed by atoms with E-state index in [4.69, 9.17) is 42.5 Å². The van der Waals surface area contributed by atoms with E-state index in [2.05, 4.69) is 10.6 Å². The molecule has 3 rings (SSSR count). The highest BCUT2D eigenvalue weighted by Crippen LogP contribution is 2.38. The summed E-state index contributed by atoms with van der Waals surface area (Å²) in [4.78, 5) is 36.3. The van der Waals surface area contributed by atoms with Crippen LogP contribution in [0.1, 0.15) is 57.5 Å². The number of hydrogen-bond donors (Lipinski definition) is 6. The van der Waals surface area contributed by atoms with Crippen molar-refractivity contribution < 1.29 is 49.0 Å². The summed E-state index contributed by atoms with van der Waals surface area (Å²) in [5.74, 6) is -1.65. The van der Waals surface area contributed by atoms with Crippen molar-refractivity contribution in [3.05, 3.63) is 62.6 Å². The van der Waals surface area contributed by atoms with E-state index in [1.54, 1.807) is 31.2 Å². The Kier molecular flexibility index (Phi) is 13.0. The molecule has 1 fully saturated rings. The number of rotatable bonds is 14. The van der Waals surface area contributed by atoms with Crippen LogP contribution in [-0.4, -0.2) is 89.1 Å². The third-order valence-corrected chi connectivity index (χ3v) is 7.74. The number of carboxylic acids is 1. The average molecular weight is 644 g/mol. The van der Waals surface area contributed by atoms with Crippen LogP contribution in [0, 0.1) is 6.92 Å². The Morgan fingerprint density at radius 3 is 2.47 bits per heavy atom. The maximum absolute atomic E-state index is 13.2. The molecule has 2 amide bonds. The first-order chi connectivity index (χ1) is 20.5. The third kappa shape index (κ3) is 9.02. The topological polar surface area (TPSA) is 184 Å². The van der Waals surface area contributed by atoms with E-state index in [1.807, 2.05) is 0 Å². The molecule has 0 saturated carbocycles. The van der Waals surface area contributed by atoms with E-state index in [-0.39, 0.29) is 40.3 Å². The van der Waals surface area contributed by atoms with Gasteiger partial charge in [0.2, 0.25) is 0 Å². The number of carbonyl (C=O) groups is 3. The largest absolute Gasteiger partial charge is 0.486 e. The Bertz CT molecular complexity index is 1290. The summed E-state index contributed by atoms with van der Waals surface area (Å²) in [5.41, 5.74) is 1.51. The van der Waals surface area contributed by atoms with E-state index < -0.39 is 49.1 Å². The van der Waals surface area contributed by atoms with Crippen molar-refractivity contribution in [2.24, 2.45) is 0 Å². The fourth-order valence-electron chi connectivity index (χ4n) is 4.57. The summed E-state index contributed by atoms with van der Waals surface area (Å²) >= 11 is 13.0. The van der Waals surface area contributed by atoms with Gasteiger partial charge in [0.1, 0.15) is 31.0 Å². The second-order valence-corrected chi connectivity index (χ2v) is 10.9. The van der Waals surface area contributed by atoms with Crippen LogP contribution in [-0.2, 0) is 20.9 Å². The molecule has 2 aromatic carbocycles. The van der Waals surface area contributed by atoms with Crippen LogP contribution < -0.4 is 15.4 Å². The van der Waals surface area contributed by atoms with Gasteiger partial charge in [0, 0.05) is 31.2 Å². The first-order valence-corrected chi connectivity index (χ1v) is 14.4. The predicted molar refractivity (Wildman–Crippen MR) is 156 cm³/mol. The summed E-state index contributed by atoms with van der Waals surface area (Å²) in [6.07, 6.45) is -3.17. The number of amides is 2. The minimum Gasteiger partial charge on any atom is -0.486 e. The predicted octanol–water partition coefficient (Wildman–Crippen LogP) is 2.44. The van der Waals surface area contributed by atoms with Gasteiger partial charge in [0.25, 0.3) is 11.8 Å². The monoisotopic (exact) mass is 642 g/mol. The summed E-state index contributed by atoms with van der Waals surface area (Å²) in [7, 11) is 1.30. The Morgan fingerprint density at radius 1 is 1.05 bits per heavy atom. The number of unbranched alkanes of at least 4 members (excludes halogenated alkanes) is 2. The number of aliphatic hydroxyl groups excluding tert-OH is 3. The zero-order chi connectivity index (χ0) is 31.7. The Labute approximate surface area is 258 Å². The van der Waals surface area contributed by atoms with Crippen LogP contribution in [0.3, 0.4) is 0 Å². The second kappa shape index (κ2) is 16.2. The number of ether oxygens (including phenoxy) is 3. The molecule has 1 aliphatic rings. The van der Waals surface area contributed by atoms with Crippen LogP contribution in [0.2, 0.25) is 10.0 Å². The van der Waals surface area contributed by atoms with E-state index in [9.17, 15) is 29.7 Å². The summed E-state index contributed by atoms with van der Waals surface area (Å²) in [6, 6.07) is 6.99. The number of aliphatic hydroxyl groups is 3. The molecule has 0 aliphatic carbocycles. The van der Waals surface area contributed by atoms with Crippen molar-refractivity contribution >= 4 is 41.0 Å². The molecular formula is C29H36Cl2N2O10. The van der Waals surface area contributed by atoms with Crippen molar-refractivity contribution in [2.45, 2.75) is 69.9 Å². The number of benzene rings is 2. The summed E-state index contributed by atoms with van der Waals surface area (Å²) < 4.78 is 16.5. The molecule has 43 heavy (non-hydrogen) atoms. The van der Waals surface area contributed by atoms with Crippen molar-refractivity contribution in [1.82, 2.24) is 10.6 Å². The van der Waals surface area contributed by atoms with E-state index in [1.165, 1.54) is 13.2 Å². The van der Waals surface area contributed by atoms with Gasteiger partial charge in [-0.25, -0.2) is 0 Å². The van der Waals surface area contributed by atoms with Crippen molar-refractivity contribution in [3.8, 4) is 5.75 Å². The van der Waals surface area contributed by atoms with Gasteiger partial charge in [-0.1, -0.05) is 41.8 Å². The van der Waals surface area contributed by atoms with Crippen LogP contribution in [0.4, 0.5) is 0 Å². The van der Waals surface area contributed by atoms with Crippen molar-refractivity contribution in [2.75, 3.05) is 20.3 Å². The fraction of sp³-hybridized carbons (Fsp3) is 0.483. The first-order valence-electron chi connectivity index (χ1n) is 13.6. The number of aliphatic carboxylic acids is 1. The van der Waals surface area contributed by atoms with E-state index in [0.717, 1.165) is 0 Å². The van der Waals surface area contributed by atoms with Gasteiger partial charge in [-0.3, -0.25) is 14.4 Å². The molecule has 6 N–H and O–H groups in total. The highest BCUT2D eigenvalue weighted by Gasteiger charge is 2.45. The number of methoxy groups -OCH3 is 1. The van der Waals surface area contributed by atoms with Gasteiger partial charge >= 0.3 is 5.97 Å². The summed E-state index contributed by atoms with van der Waals surface area (Å²) in [6.45, 7) is 1.48. The molecule has 0 spiro atoms. The lowest BCUT2D eigenvalue weighted by Crippen LogP contribution is -2.64. The average Bonchev–Trinajstić information content (AvgIpc) is 2.99. The maximum Gasteiger partial charge on any atom is 0.303 e. The molecule has 1 aliphatic heterocycles. The van der Waals surface area contributed by atoms with Crippen LogP contribution in [0.25, 0.3) is 0 Å². The van der Waals surface area contributed by atoms with Crippen molar-refractivity contribution in [3.63, 3.8) is 0 Å². The second-order valence-electron chi connectivity index (χ2n) is 10.1. The highest BCUT2D eigenvalue weighted by atomic mass is 35.5. The molecule has 0 aromatic heterocycles. The lowest BCUT2D eigenvalue weighted by Gasteiger charge is -2.41. The van der Waals surface area contributed by atoms with Gasteiger partial charge in [-0.2, -0.15) is 0 Å². The third-order valence-electron chi connectivity index (χ3n) is 7.00. The molecule has 0 bridgehead atoms. The molecule has 0 unspecified atom stereocenters. The number of carbonyl (C=O) groups excluding carboxylic acids is 2. The lowest BCUT2D eigenvalue weighted by molar-refractivity contribution is -0.261. The number of carboxylic acid groups (broad SMARTS) is 1. The molecule has 1 heterocycles. The minimum absolute atomic E-state index is 0.0196. The van der Waals surface area contributed by atoms with E-state index >= 15 is 0 Å². The lowest BCUT2D eigenvalue weighted by atomic mass is 9.96. The maximum atomic E-state index is 13.2. The van der Waals surface area contributed by atoms with Gasteiger partial charge in [-0.15, -0.1) is 0 Å². The first kappa shape index (κ1) is 34.5. The Morgan fingerprint density at radius 2 is 1.79 bits per heavy atom. The molecule has 236 valence electrons. The molecule has 12 nitrogen and oxygen atoms in total. The summed E-state index contributed by atoms with van der Waals surface area (Å²) in [5, 5.41) is 44.3. The molecule has 14 heteroatoms. The zero-order valence-corrected chi connectivity index (χ0v) is 25.2. The molecule has 0 radical (unpaired) electrons. The fourth-order valence-corrected chi connectivity index (χ4v) is 5.13. The minimum atomic E-state index is -1.49. The van der Waals surface area contributed by atoms with E-state index in [0.29, 0.717) is 42.5 Å². The standard InChI is InChI=1S/C29H36Cl2N2O10/c1-15-18(28(40)33-23-25(38)24(37)20(13-34)43-29(23)41-2)12-19(30)26(22(15)31)42-14-16-7-6-8-17(11-16)27(39)32-10-5-3-4-9-21(35)36/h6-8,11-12,20,23-25,29,34,37-38H,3-5,9-10,13-14H2,1-2H3,(H,32,39)(H,33,40)(H,35,36)/t20-,23-,24-,25-,29+/m1/s1. The SMILES string of the molecule is CO[C@H]1O[C@H](CO)[C@@H](O)[C@H](O)[C@H]1NC(=O)c1cc(Cl)c(OCc2cccc(C(=O)NCCCCCC(=O)O)c2)c(Cl)c1C. The normalized spacial score (nSPS) is 21.7. The quantitative estimate of drug-likeness (QED) is 0.167. The van der Waals surface area contributed by atoms with Crippen LogP contribution in [0.5, 0.6) is 5.75 Å². The van der Waals surface area contributed by atoms with Crippen molar-refractivity contribution in [1.29, 1.82) is 0 Å². The molecular weight excluding hydrogens is 607 g/mol. The molecule has 2 aromatic rings. The van der Waals surface area contributed by atoms with Crippen LogP contribution >= 0.6 is 23.2 Å². The Balaban J connectivity index is 1.64. The smallest absolute Gasteiger partial charge is 0.303 e. The zero-order valence-electron chi connectivity index (χ0n) is 23.7. The van der Waals surface area contributed by atoms with Gasteiger partial charge < -0.3 is 45.3 Å². The highest BCUT2D eigenvalue weighted by molar-refractivity contribution is 6.38. The van der Waals surface area contributed by atoms with Gasteiger partial charge in [-0.05, 0) is 49.1 Å². The van der Waals surface area contributed by atoms with Gasteiger partial charge in [0.15, 0.2) is 12.0 Å². The van der Waals surface area contributed by atoms with Gasteiger partial charge in [0.05, 0.1) is 16.7 Å². The number of halogens is 2.